The number of nitrogens with zero attached hydrogens (tertiary/aromatic N) is 2. The molecule has 3 heteroatoms. The highest BCUT2D eigenvalue weighted by molar-refractivity contribution is 5.97. The third kappa shape index (κ3) is 6.14. The highest BCUT2D eigenvalue weighted by atomic mass is 16.3. The molecule has 7 aromatic carbocycles. The summed E-state index contributed by atoms with van der Waals surface area (Å²) in [5.74, 6) is 0.592. The van der Waals surface area contributed by atoms with Gasteiger partial charge in [-0.05, 0) is 104 Å². The van der Waals surface area contributed by atoms with Crippen LogP contribution in [0.25, 0.3) is 89.3 Å². The average molecular weight is 653 g/mol. The van der Waals surface area contributed by atoms with Crippen molar-refractivity contribution in [1.29, 1.82) is 0 Å². The third-order valence-corrected chi connectivity index (χ3v) is 9.40. The smallest absolute Gasteiger partial charge is 0.227 e. The van der Waals surface area contributed by atoms with E-state index in [1.807, 2.05) is 24.4 Å². The molecule has 240 valence electrons. The first-order valence-corrected chi connectivity index (χ1v) is 17.1. The summed E-state index contributed by atoms with van der Waals surface area (Å²) in [6.07, 6.45) is 3.70. The zero-order valence-electron chi connectivity index (χ0n) is 27.8. The van der Waals surface area contributed by atoms with E-state index in [1.54, 1.807) is 6.20 Å². The van der Waals surface area contributed by atoms with Gasteiger partial charge in [0, 0.05) is 29.1 Å². The first-order valence-electron chi connectivity index (χ1n) is 17.1. The molecule has 3 nitrogen and oxygen atoms in total. The molecule has 0 aliphatic heterocycles. The van der Waals surface area contributed by atoms with Crippen LogP contribution in [0.15, 0.2) is 199 Å². The topological polar surface area (TPSA) is 38.9 Å². The highest BCUT2D eigenvalue weighted by Gasteiger charge is 2.17. The monoisotopic (exact) mass is 652 g/mol. The maximum Gasteiger partial charge on any atom is 0.227 e. The standard InChI is InChI=1S/C48H32N2O/c1-3-11-33(12-4-1)37-15-7-17-39(27-37)35-22-24-36(25-23-35)48-50-47-45(42-20-9-18-40(29-42)43-21-10-26-49-32-43)30-44(31-46(47)51-48)41-19-8-16-38(28-41)34-13-5-2-6-14-34/h1-32H. The minimum atomic E-state index is 0.592. The average Bonchev–Trinajstić information content (AvgIpc) is 3.66. The molecule has 0 atom stereocenters. The number of fused-ring (bicyclic) bond motifs is 1. The van der Waals surface area contributed by atoms with Crippen molar-refractivity contribution in [2.45, 2.75) is 0 Å². The van der Waals surface area contributed by atoms with E-state index in [1.165, 1.54) is 27.8 Å². The van der Waals surface area contributed by atoms with E-state index in [9.17, 15) is 0 Å². The molecule has 9 rings (SSSR count). The number of rotatable bonds is 7. The molecule has 0 saturated carbocycles. The van der Waals surface area contributed by atoms with Crippen LogP contribution in [0.1, 0.15) is 0 Å². The Morgan fingerprint density at radius 3 is 1.39 bits per heavy atom. The fourth-order valence-corrected chi connectivity index (χ4v) is 6.76. The largest absolute Gasteiger partial charge is 0.436 e. The van der Waals surface area contributed by atoms with Crippen molar-refractivity contribution in [2.75, 3.05) is 0 Å². The Labute approximate surface area is 297 Å². The molecule has 51 heavy (non-hydrogen) atoms. The van der Waals surface area contributed by atoms with Crippen LogP contribution < -0.4 is 0 Å². The summed E-state index contributed by atoms with van der Waals surface area (Å²) in [5.41, 5.74) is 16.0. The van der Waals surface area contributed by atoms with Gasteiger partial charge in [0.25, 0.3) is 0 Å². The van der Waals surface area contributed by atoms with Crippen molar-refractivity contribution in [2.24, 2.45) is 0 Å². The summed E-state index contributed by atoms with van der Waals surface area (Å²) in [7, 11) is 0. The molecule has 2 aromatic heterocycles. The number of hydrogen-bond acceptors (Lipinski definition) is 3. The SMILES string of the molecule is c1ccc(-c2cccc(-c3ccc(-c4nc5c(-c6cccc(-c7cccnc7)c6)cc(-c6cccc(-c7ccccc7)c6)cc5o4)cc3)c2)cc1. The van der Waals surface area contributed by atoms with Gasteiger partial charge < -0.3 is 4.42 Å². The van der Waals surface area contributed by atoms with Crippen LogP contribution in [-0.4, -0.2) is 9.97 Å². The minimum Gasteiger partial charge on any atom is -0.436 e. The van der Waals surface area contributed by atoms with Gasteiger partial charge in [-0.3, -0.25) is 4.98 Å². The van der Waals surface area contributed by atoms with Gasteiger partial charge in [0.15, 0.2) is 5.58 Å². The molecule has 0 unspecified atom stereocenters. The summed E-state index contributed by atoms with van der Waals surface area (Å²) in [4.78, 5) is 9.49. The Morgan fingerprint density at radius 1 is 0.333 bits per heavy atom. The van der Waals surface area contributed by atoms with Crippen molar-refractivity contribution in [3.63, 3.8) is 0 Å². The molecule has 0 aliphatic carbocycles. The molecule has 0 fully saturated rings. The summed E-state index contributed by atoms with van der Waals surface area (Å²) in [6.45, 7) is 0. The predicted octanol–water partition coefficient (Wildman–Crippen LogP) is 12.9. The van der Waals surface area contributed by atoms with E-state index in [0.717, 1.165) is 55.6 Å². The molecule has 0 saturated heterocycles. The van der Waals surface area contributed by atoms with E-state index in [4.69, 9.17) is 9.40 Å². The van der Waals surface area contributed by atoms with Crippen LogP contribution in [0.3, 0.4) is 0 Å². The van der Waals surface area contributed by atoms with Crippen LogP contribution in [-0.2, 0) is 0 Å². The van der Waals surface area contributed by atoms with Crippen LogP contribution in [0.2, 0.25) is 0 Å². The summed E-state index contributed by atoms with van der Waals surface area (Å²) < 4.78 is 6.61. The van der Waals surface area contributed by atoms with Gasteiger partial charge in [-0.15, -0.1) is 0 Å². The van der Waals surface area contributed by atoms with Gasteiger partial charge in [0.2, 0.25) is 5.89 Å². The van der Waals surface area contributed by atoms with Gasteiger partial charge in [-0.25, -0.2) is 4.98 Å². The maximum absolute atomic E-state index is 6.61. The molecule has 9 aromatic rings. The third-order valence-electron chi connectivity index (χ3n) is 9.40. The Kier molecular flexibility index (Phi) is 7.84. The van der Waals surface area contributed by atoms with Crippen LogP contribution >= 0.6 is 0 Å². The first kappa shape index (κ1) is 30.2. The number of aromatic nitrogens is 2. The lowest BCUT2D eigenvalue weighted by Gasteiger charge is -2.10. The second-order valence-electron chi connectivity index (χ2n) is 12.7. The summed E-state index contributed by atoms with van der Waals surface area (Å²) in [6, 6.07) is 63.8. The highest BCUT2D eigenvalue weighted by Crippen LogP contribution is 2.39. The normalized spacial score (nSPS) is 11.1. The Balaban J connectivity index is 1.14. The molecule has 0 aliphatic rings. The fourth-order valence-electron chi connectivity index (χ4n) is 6.76. The lowest BCUT2D eigenvalue weighted by molar-refractivity contribution is 0.620. The van der Waals surface area contributed by atoms with E-state index in [-0.39, 0.29) is 0 Å². The van der Waals surface area contributed by atoms with Gasteiger partial charge in [-0.2, -0.15) is 0 Å². The molecule has 0 radical (unpaired) electrons. The molecule has 0 amide bonds. The fraction of sp³-hybridized carbons (Fsp3) is 0. The Hall–Kier alpha value is -6.84. The van der Waals surface area contributed by atoms with Crippen molar-refractivity contribution in [1.82, 2.24) is 9.97 Å². The second-order valence-corrected chi connectivity index (χ2v) is 12.7. The van der Waals surface area contributed by atoms with Crippen molar-refractivity contribution >= 4 is 11.1 Å². The maximum atomic E-state index is 6.61. The zero-order chi connectivity index (χ0) is 34.0. The molecular weight excluding hydrogens is 621 g/mol. The molecule has 2 heterocycles. The molecule has 0 spiro atoms. The number of oxazole rings is 1. The minimum absolute atomic E-state index is 0.592. The summed E-state index contributed by atoms with van der Waals surface area (Å²) >= 11 is 0. The molecular formula is C48H32N2O. The quantitative estimate of drug-likeness (QED) is 0.172. The van der Waals surface area contributed by atoms with Crippen LogP contribution in [0.5, 0.6) is 0 Å². The van der Waals surface area contributed by atoms with E-state index in [2.05, 4.69) is 169 Å². The molecule has 0 N–H and O–H groups in total. The first-order chi connectivity index (χ1) is 25.2. The van der Waals surface area contributed by atoms with Gasteiger partial charge in [-0.1, -0.05) is 133 Å². The van der Waals surface area contributed by atoms with Crippen molar-refractivity contribution in [3.05, 3.63) is 194 Å². The van der Waals surface area contributed by atoms with Gasteiger partial charge in [0.1, 0.15) is 5.52 Å². The van der Waals surface area contributed by atoms with E-state index in [0.29, 0.717) is 5.89 Å². The lowest BCUT2D eigenvalue weighted by atomic mass is 9.94. The number of hydrogen-bond donors (Lipinski definition) is 0. The van der Waals surface area contributed by atoms with E-state index < -0.39 is 0 Å². The van der Waals surface area contributed by atoms with Gasteiger partial charge >= 0.3 is 0 Å². The van der Waals surface area contributed by atoms with Gasteiger partial charge in [0.05, 0.1) is 0 Å². The van der Waals surface area contributed by atoms with Crippen LogP contribution in [0.4, 0.5) is 0 Å². The molecule has 0 bridgehead atoms. The number of pyridine rings is 1. The zero-order valence-corrected chi connectivity index (χ0v) is 27.8. The van der Waals surface area contributed by atoms with Crippen molar-refractivity contribution in [3.8, 4) is 78.2 Å². The van der Waals surface area contributed by atoms with Crippen LogP contribution in [0, 0.1) is 0 Å². The van der Waals surface area contributed by atoms with E-state index >= 15 is 0 Å². The van der Waals surface area contributed by atoms with Crippen molar-refractivity contribution < 1.29 is 4.42 Å². The Morgan fingerprint density at radius 2 is 0.804 bits per heavy atom. The lowest BCUT2D eigenvalue weighted by Crippen LogP contribution is -1.87. The Bertz CT molecular complexity index is 2610. The number of benzene rings is 7. The predicted molar refractivity (Wildman–Crippen MR) is 210 cm³/mol. The summed E-state index contributed by atoms with van der Waals surface area (Å²) in [5, 5.41) is 0. The second kappa shape index (κ2) is 13.2.